The van der Waals surface area contributed by atoms with Gasteiger partial charge < -0.3 is 19.3 Å². The van der Waals surface area contributed by atoms with Crippen molar-refractivity contribution in [2.75, 3.05) is 37.7 Å². The Balaban J connectivity index is 1.62. The first-order chi connectivity index (χ1) is 15.5. The molecule has 0 aliphatic carbocycles. The van der Waals surface area contributed by atoms with Crippen molar-refractivity contribution in [3.63, 3.8) is 0 Å². The van der Waals surface area contributed by atoms with E-state index in [1.54, 1.807) is 42.2 Å². The first kappa shape index (κ1) is 23.1. The molecule has 8 heteroatoms. The molecule has 1 heterocycles. The lowest BCUT2D eigenvalue weighted by molar-refractivity contribution is -0.125. The Labute approximate surface area is 186 Å². The maximum atomic E-state index is 12.7. The summed E-state index contributed by atoms with van der Waals surface area (Å²) >= 11 is 0. The quantitative estimate of drug-likeness (QED) is 0.599. The number of benzene rings is 2. The maximum Gasteiger partial charge on any atom is 0.387 e. The Kier molecular flexibility index (Phi) is 8.03. The van der Waals surface area contributed by atoms with Crippen LogP contribution in [0.2, 0.25) is 0 Å². The molecule has 0 spiro atoms. The number of carbonyl (C=O) groups is 1. The Morgan fingerprint density at radius 3 is 2.59 bits per heavy atom. The van der Waals surface area contributed by atoms with Crippen molar-refractivity contribution < 1.29 is 23.0 Å². The SMILES string of the molecule is CCOc1cc(/C=C/C(=O)N2CCCN(c3ccc(C#N)cc3)CC2)ccc1OC(F)F. The molecule has 1 saturated heterocycles. The minimum Gasteiger partial charge on any atom is -0.490 e. The first-order valence-electron chi connectivity index (χ1n) is 10.4. The highest BCUT2D eigenvalue weighted by Gasteiger charge is 2.18. The van der Waals surface area contributed by atoms with Crippen molar-refractivity contribution in [2.45, 2.75) is 20.0 Å². The van der Waals surface area contributed by atoms with Crippen molar-refractivity contribution in [1.82, 2.24) is 4.90 Å². The van der Waals surface area contributed by atoms with Gasteiger partial charge in [0.25, 0.3) is 0 Å². The molecule has 168 valence electrons. The average Bonchev–Trinajstić information content (AvgIpc) is 3.05. The summed E-state index contributed by atoms with van der Waals surface area (Å²) in [6, 6.07) is 14.1. The van der Waals surface area contributed by atoms with Gasteiger partial charge in [0.2, 0.25) is 5.91 Å². The molecule has 32 heavy (non-hydrogen) atoms. The van der Waals surface area contributed by atoms with E-state index in [2.05, 4.69) is 15.7 Å². The lowest BCUT2D eigenvalue weighted by Crippen LogP contribution is -2.34. The molecule has 6 nitrogen and oxygen atoms in total. The number of hydrogen-bond donors (Lipinski definition) is 0. The molecule has 2 aromatic rings. The summed E-state index contributed by atoms with van der Waals surface area (Å²) in [6.45, 7) is 1.84. The van der Waals surface area contributed by atoms with E-state index in [1.165, 1.54) is 12.1 Å². The predicted molar refractivity (Wildman–Crippen MR) is 118 cm³/mol. The summed E-state index contributed by atoms with van der Waals surface area (Å²) in [7, 11) is 0. The topological polar surface area (TPSA) is 65.8 Å². The standard InChI is InChI=1S/C24H25F2N3O3/c1-2-31-22-16-18(6-10-21(22)32-24(25)26)7-11-23(30)29-13-3-12-28(14-15-29)20-8-4-19(17-27)5-9-20/h4-11,16,24H,2-3,12-15H2,1H3/b11-7+. The zero-order valence-corrected chi connectivity index (χ0v) is 17.8. The third kappa shape index (κ3) is 6.20. The average molecular weight is 441 g/mol. The Hall–Kier alpha value is -3.60. The third-order valence-electron chi connectivity index (χ3n) is 5.07. The highest BCUT2D eigenvalue weighted by molar-refractivity contribution is 5.92. The van der Waals surface area contributed by atoms with Crippen molar-refractivity contribution in [2.24, 2.45) is 0 Å². The van der Waals surface area contributed by atoms with Crippen LogP contribution in [0.3, 0.4) is 0 Å². The number of halogens is 2. The number of rotatable bonds is 7. The van der Waals surface area contributed by atoms with E-state index in [0.29, 0.717) is 37.4 Å². The molecule has 0 bridgehead atoms. The molecule has 1 amide bonds. The minimum atomic E-state index is -2.94. The van der Waals surface area contributed by atoms with Crippen LogP contribution in [0.25, 0.3) is 6.08 Å². The molecule has 0 unspecified atom stereocenters. The van der Waals surface area contributed by atoms with Gasteiger partial charge in [-0.2, -0.15) is 14.0 Å². The number of ether oxygens (including phenoxy) is 2. The Morgan fingerprint density at radius 1 is 1.12 bits per heavy atom. The van der Waals surface area contributed by atoms with Crippen LogP contribution in [0.4, 0.5) is 14.5 Å². The molecule has 0 N–H and O–H groups in total. The maximum absolute atomic E-state index is 12.7. The number of amides is 1. The summed E-state index contributed by atoms with van der Waals surface area (Å²) in [5.74, 6) is 0.0495. The molecular formula is C24H25F2N3O3. The molecule has 0 aromatic heterocycles. The second kappa shape index (κ2) is 11.1. The van der Waals surface area contributed by atoms with E-state index in [9.17, 15) is 13.6 Å². The largest absolute Gasteiger partial charge is 0.490 e. The van der Waals surface area contributed by atoms with Gasteiger partial charge in [0.15, 0.2) is 11.5 Å². The van der Waals surface area contributed by atoms with Gasteiger partial charge in [-0.25, -0.2) is 0 Å². The monoisotopic (exact) mass is 441 g/mol. The molecule has 2 aromatic carbocycles. The van der Waals surface area contributed by atoms with Gasteiger partial charge in [-0.05, 0) is 61.4 Å². The lowest BCUT2D eigenvalue weighted by Gasteiger charge is -2.23. The normalized spacial score (nSPS) is 14.3. The fraction of sp³-hybridized carbons (Fsp3) is 0.333. The van der Waals surface area contributed by atoms with Gasteiger partial charge in [-0.15, -0.1) is 0 Å². The van der Waals surface area contributed by atoms with Crippen molar-refractivity contribution >= 4 is 17.7 Å². The van der Waals surface area contributed by atoms with E-state index >= 15 is 0 Å². The number of nitriles is 1. The van der Waals surface area contributed by atoms with E-state index in [4.69, 9.17) is 10.00 Å². The number of carbonyl (C=O) groups excluding carboxylic acids is 1. The van der Waals surface area contributed by atoms with Crippen LogP contribution in [0, 0.1) is 11.3 Å². The lowest BCUT2D eigenvalue weighted by atomic mass is 10.2. The highest BCUT2D eigenvalue weighted by atomic mass is 19.3. The fourth-order valence-corrected chi connectivity index (χ4v) is 3.51. The minimum absolute atomic E-state index is 0.0410. The molecule has 1 aliphatic rings. The van der Waals surface area contributed by atoms with Crippen molar-refractivity contribution in [1.29, 1.82) is 5.26 Å². The summed E-state index contributed by atoms with van der Waals surface area (Å²) in [6.07, 6.45) is 3.95. The zero-order valence-electron chi connectivity index (χ0n) is 17.8. The second-order valence-electron chi connectivity index (χ2n) is 7.18. The molecule has 1 fully saturated rings. The Morgan fingerprint density at radius 2 is 1.91 bits per heavy atom. The second-order valence-corrected chi connectivity index (χ2v) is 7.18. The van der Waals surface area contributed by atoms with Gasteiger partial charge in [0.05, 0.1) is 18.2 Å². The summed E-state index contributed by atoms with van der Waals surface area (Å²) in [4.78, 5) is 16.7. The molecule has 0 saturated carbocycles. The Bertz CT molecular complexity index is 987. The number of hydrogen-bond acceptors (Lipinski definition) is 5. The van der Waals surface area contributed by atoms with E-state index in [1.807, 2.05) is 12.1 Å². The van der Waals surface area contributed by atoms with E-state index in [-0.39, 0.29) is 17.4 Å². The van der Waals surface area contributed by atoms with Crippen LogP contribution in [-0.4, -0.2) is 50.2 Å². The van der Waals surface area contributed by atoms with Gasteiger partial charge >= 0.3 is 6.61 Å². The van der Waals surface area contributed by atoms with Crippen LogP contribution < -0.4 is 14.4 Å². The first-order valence-corrected chi connectivity index (χ1v) is 10.4. The van der Waals surface area contributed by atoms with Gasteiger partial charge in [0.1, 0.15) is 0 Å². The van der Waals surface area contributed by atoms with Crippen molar-refractivity contribution in [3.05, 3.63) is 59.7 Å². The van der Waals surface area contributed by atoms with Gasteiger partial charge in [-0.1, -0.05) is 6.07 Å². The van der Waals surface area contributed by atoms with Gasteiger partial charge in [0, 0.05) is 37.9 Å². The van der Waals surface area contributed by atoms with Crippen molar-refractivity contribution in [3.8, 4) is 17.6 Å². The number of alkyl halides is 2. The third-order valence-corrected chi connectivity index (χ3v) is 5.07. The summed E-state index contributed by atoms with van der Waals surface area (Å²) in [5.41, 5.74) is 2.30. The predicted octanol–water partition coefficient (Wildman–Crippen LogP) is 4.31. The van der Waals surface area contributed by atoms with Crippen LogP contribution in [0.5, 0.6) is 11.5 Å². The smallest absolute Gasteiger partial charge is 0.387 e. The van der Waals surface area contributed by atoms with Crippen LogP contribution >= 0.6 is 0 Å². The van der Waals surface area contributed by atoms with Crippen LogP contribution in [-0.2, 0) is 4.79 Å². The number of nitrogens with zero attached hydrogens (tertiary/aromatic N) is 3. The molecule has 0 radical (unpaired) electrons. The van der Waals surface area contributed by atoms with Gasteiger partial charge in [-0.3, -0.25) is 4.79 Å². The van der Waals surface area contributed by atoms with Crippen LogP contribution in [0.1, 0.15) is 24.5 Å². The molecule has 3 rings (SSSR count). The molecular weight excluding hydrogens is 416 g/mol. The zero-order chi connectivity index (χ0) is 22.9. The summed E-state index contributed by atoms with van der Waals surface area (Å²) in [5, 5.41) is 8.95. The number of anilines is 1. The van der Waals surface area contributed by atoms with E-state index in [0.717, 1.165) is 18.7 Å². The van der Waals surface area contributed by atoms with E-state index < -0.39 is 6.61 Å². The molecule has 0 atom stereocenters. The highest BCUT2D eigenvalue weighted by Crippen LogP contribution is 2.30. The summed E-state index contributed by atoms with van der Waals surface area (Å²) < 4.78 is 34.9. The molecule has 1 aliphatic heterocycles. The fourth-order valence-electron chi connectivity index (χ4n) is 3.51. The van der Waals surface area contributed by atoms with Crippen LogP contribution in [0.15, 0.2) is 48.5 Å².